The molecule has 0 radical (unpaired) electrons. The first-order valence-electron chi connectivity index (χ1n) is 5.63. The van der Waals surface area contributed by atoms with E-state index in [0.29, 0.717) is 4.88 Å². The molecular weight excluding hydrogens is 252 g/mol. The van der Waals surface area contributed by atoms with E-state index in [1.807, 2.05) is 0 Å². The van der Waals surface area contributed by atoms with Gasteiger partial charge in [0.1, 0.15) is 5.60 Å². The molecule has 5 nitrogen and oxygen atoms in total. The van der Waals surface area contributed by atoms with Crippen LogP contribution in [0.1, 0.15) is 37.4 Å². The lowest BCUT2D eigenvalue weighted by Gasteiger charge is -2.27. The Morgan fingerprint density at radius 1 is 1.44 bits per heavy atom. The zero-order chi connectivity index (χ0) is 13.9. The number of likely N-dealkylation sites (N-methyl/N-ethyl adjacent to an activating group) is 1. The zero-order valence-electron chi connectivity index (χ0n) is 11.3. The van der Waals surface area contributed by atoms with Gasteiger partial charge in [-0.05, 0) is 45.3 Å². The van der Waals surface area contributed by atoms with Gasteiger partial charge >= 0.3 is 6.09 Å². The van der Waals surface area contributed by atoms with Crippen molar-refractivity contribution in [1.82, 2.24) is 9.27 Å². The third-order valence-corrected chi connectivity index (χ3v) is 3.08. The summed E-state index contributed by atoms with van der Waals surface area (Å²) in [5.74, 6) is -0.133. The molecule has 0 spiro atoms. The molecule has 0 aliphatic carbocycles. The van der Waals surface area contributed by atoms with Crippen molar-refractivity contribution in [3.8, 4) is 0 Å². The lowest BCUT2D eigenvalue weighted by Crippen LogP contribution is -2.43. The fourth-order valence-electron chi connectivity index (χ4n) is 1.22. The van der Waals surface area contributed by atoms with E-state index in [1.165, 1.54) is 4.90 Å². The number of nitrogens with zero attached hydrogens (tertiary/aromatic N) is 2. The maximum absolute atomic E-state index is 12.0. The molecule has 1 unspecified atom stereocenters. The second-order valence-electron chi connectivity index (χ2n) is 5.01. The van der Waals surface area contributed by atoms with Gasteiger partial charge in [-0.25, -0.2) is 9.17 Å². The molecule has 1 aromatic rings. The summed E-state index contributed by atoms with van der Waals surface area (Å²) in [6, 6.07) is 1.08. The molecule has 0 saturated heterocycles. The predicted molar refractivity (Wildman–Crippen MR) is 69.9 cm³/mol. The Balaban J connectivity index is 2.69. The molecule has 0 N–H and O–H groups in total. The molecule has 6 heteroatoms. The van der Waals surface area contributed by atoms with E-state index in [1.54, 1.807) is 47.0 Å². The number of ether oxygens (including phenoxy) is 1. The molecule has 1 heterocycles. The van der Waals surface area contributed by atoms with E-state index in [4.69, 9.17) is 4.74 Å². The summed E-state index contributed by atoms with van der Waals surface area (Å²) in [4.78, 5) is 25.7. The molecule has 1 atom stereocenters. The van der Waals surface area contributed by atoms with Crippen LogP contribution in [-0.4, -0.2) is 39.8 Å². The van der Waals surface area contributed by atoms with Crippen LogP contribution < -0.4 is 0 Å². The second-order valence-corrected chi connectivity index (χ2v) is 5.84. The Morgan fingerprint density at radius 3 is 2.50 bits per heavy atom. The molecule has 1 aromatic heterocycles. The minimum Gasteiger partial charge on any atom is -0.444 e. The van der Waals surface area contributed by atoms with Gasteiger partial charge in [-0.15, -0.1) is 0 Å². The van der Waals surface area contributed by atoms with Crippen molar-refractivity contribution in [2.45, 2.75) is 39.3 Å². The first-order chi connectivity index (χ1) is 8.22. The van der Waals surface area contributed by atoms with Crippen LogP contribution in [0, 0.1) is 0 Å². The lowest BCUT2D eigenvalue weighted by molar-refractivity contribution is 0.0232. The molecule has 18 heavy (non-hydrogen) atoms. The number of Topliss-reactive ketones (excluding diaryl/α,β-unsaturated/α-hetero) is 1. The number of amides is 1. The van der Waals surface area contributed by atoms with Crippen molar-refractivity contribution in [2.24, 2.45) is 0 Å². The van der Waals surface area contributed by atoms with Crippen molar-refractivity contribution in [3.63, 3.8) is 0 Å². The van der Waals surface area contributed by atoms with E-state index in [-0.39, 0.29) is 5.78 Å². The van der Waals surface area contributed by atoms with Crippen molar-refractivity contribution in [3.05, 3.63) is 17.1 Å². The smallest absolute Gasteiger partial charge is 0.410 e. The zero-order valence-corrected chi connectivity index (χ0v) is 12.1. The summed E-state index contributed by atoms with van der Waals surface area (Å²) in [5, 5.41) is 0. The summed E-state index contributed by atoms with van der Waals surface area (Å²) < 4.78 is 9.09. The molecule has 0 saturated carbocycles. The van der Waals surface area contributed by atoms with Gasteiger partial charge in [-0.1, -0.05) is 0 Å². The van der Waals surface area contributed by atoms with Crippen molar-refractivity contribution < 1.29 is 14.3 Å². The van der Waals surface area contributed by atoms with Crippen molar-refractivity contribution in [1.29, 1.82) is 0 Å². The Morgan fingerprint density at radius 2 is 2.06 bits per heavy atom. The van der Waals surface area contributed by atoms with Crippen LogP contribution in [0.2, 0.25) is 0 Å². The highest BCUT2D eigenvalue weighted by atomic mass is 32.1. The van der Waals surface area contributed by atoms with Gasteiger partial charge in [0, 0.05) is 13.2 Å². The fourth-order valence-corrected chi connectivity index (χ4v) is 1.83. The maximum Gasteiger partial charge on any atom is 0.410 e. The number of carbonyl (C=O) groups excluding carboxylic acids is 2. The van der Waals surface area contributed by atoms with Gasteiger partial charge in [-0.2, -0.15) is 0 Å². The number of hydrogen-bond donors (Lipinski definition) is 0. The van der Waals surface area contributed by atoms with Crippen molar-refractivity contribution >= 4 is 23.4 Å². The Kier molecular flexibility index (Phi) is 4.45. The van der Waals surface area contributed by atoms with Gasteiger partial charge in [0.25, 0.3) is 0 Å². The third kappa shape index (κ3) is 3.80. The highest BCUT2D eigenvalue weighted by molar-refractivity contribution is 7.08. The van der Waals surface area contributed by atoms with Crippen LogP contribution in [0.4, 0.5) is 4.79 Å². The monoisotopic (exact) mass is 270 g/mol. The molecule has 0 fully saturated rings. The van der Waals surface area contributed by atoms with E-state index >= 15 is 0 Å². The summed E-state index contributed by atoms with van der Waals surface area (Å²) in [7, 11) is 1.55. The van der Waals surface area contributed by atoms with Crippen LogP contribution in [0.15, 0.2) is 12.3 Å². The van der Waals surface area contributed by atoms with Gasteiger partial charge in [-0.3, -0.25) is 4.79 Å². The molecule has 1 amide bonds. The number of carbonyl (C=O) groups is 2. The molecule has 0 aromatic carbocycles. The molecule has 0 bridgehead atoms. The van der Waals surface area contributed by atoms with Gasteiger partial charge in [0.2, 0.25) is 0 Å². The number of aromatic nitrogens is 1. The van der Waals surface area contributed by atoms with Gasteiger partial charge in [0.15, 0.2) is 5.78 Å². The standard InChI is InChI=1S/C12H18N2O3S/c1-8(10(15)9-6-7-13-18-9)14(5)11(16)17-12(2,3)4/h6-8H,1-5H3. The minimum atomic E-state index is -0.571. The number of hydrogen-bond acceptors (Lipinski definition) is 5. The van der Waals surface area contributed by atoms with Crippen LogP contribution >= 0.6 is 11.5 Å². The summed E-state index contributed by atoms with van der Waals surface area (Å²) in [6.45, 7) is 7.03. The quantitative estimate of drug-likeness (QED) is 0.792. The number of rotatable bonds is 3. The minimum absolute atomic E-state index is 0.133. The van der Waals surface area contributed by atoms with Crippen LogP contribution in [0.25, 0.3) is 0 Å². The maximum atomic E-state index is 12.0. The van der Waals surface area contributed by atoms with Gasteiger partial charge < -0.3 is 9.64 Å². The van der Waals surface area contributed by atoms with Crippen LogP contribution in [-0.2, 0) is 4.74 Å². The molecular formula is C12H18N2O3S. The summed E-state index contributed by atoms with van der Waals surface area (Å²) in [6.07, 6.45) is 1.06. The first kappa shape index (κ1) is 14.6. The predicted octanol–water partition coefficient (Wildman–Crippen LogP) is 2.58. The largest absolute Gasteiger partial charge is 0.444 e. The lowest BCUT2D eigenvalue weighted by atomic mass is 10.1. The van der Waals surface area contributed by atoms with E-state index in [2.05, 4.69) is 4.37 Å². The highest BCUT2D eigenvalue weighted by Crippen LogP contribution is 2.14. The Hall–Kier alpha value is -1.43. The summed E-state index contributed by atoms with van der Waals surface area (Å²) >= 11 is 1.12. The third-order valence-electron chi connectivity index (χ3n) is 2.32. The average molecular weight is 270 g/mol. The Labute approximate surface area is 111 Å². The SMILES string of the molecule is CC(C(=O)c1ccns1)N(C)C(=O)OC(C)(C)C. The normalized spacial score (nSPS) is 12.9. The van der Waals surface area contributed by atoms with Crippen molar-refractivity contribution in [2.75, 3.05) is 7.05 Å². The Bertz CT molecular complexity index is 423. The second kappa shape index (κ2) is 5.48. The number of ketones is 1. The molecule has 0 aliphatic rings. The van der Waals surface area contributed by atoms with E-state index < -0.39 is 17.7 Å². The van der Waals surface area contributed by atoms with E-state index in [9.17, 15) is 9.59 Å². The average Bonchev–Trinajstić information content (AvgIpc) is 2.77. The highest BCUT2D eigenvalue weighted by Gasteiger charge is 2.28. The van der Waals surface area contributed by atoms with Crippen LogP contribution in [0.5, 0.6) is 0 Å². The molecule has 100 valence electrons. The first-order valence-corrected chi connectivity index (χ1v) is 6.40. The topological polar surface area (TPSA) is 59.5 Å². The summed E-state index contributed by atoms with van der Waals surface area (Å²) in [5.41, 5.74) is -0.571. The van der Waals surface area contributed by atoms with Gasteiger partial charge in [0.05, 0.1) is 10.9 Å². The molecule has 0 aliphatic heterocycles. The van der Waals surface area contributed by atoms with E-state index in [0.717, 1.165) is 11.5 Å². The van der Waals surface area contributed by atoms with Crippen LogP contribution in [0.3, 0.4) is 0 Å². The molecule has 1 rings (SSSR count). The fraction of sp³-hybridized carbons (Fsp3) is 0.583.